The fourth-order valence-corrected chi connectivity index (χ4v) is 2.92. The van der Waals surface area contributed by atoms with Crippen LogP contribution in [0.4, 0.5) is 17.5 Å². The van der Waals surface area contributed by atoms with Gasteiger partial charge >= 0.3 is 0 Å². The lowest BCUT2D eigenvalue weighted by atomic mass is 10.2. The van der Waals surface area contributed by atoms with Crippen LogP contribution in [0.1, 0.15) is 5.56 Å². The molecule has 28 heavy (non-hydrogen) atoms. The Morgan fingerprint density at radius 3 is 2.36 bits per heavy atom. The van der Waals surface area contributed by atoms with Crippen LogP contribution in [0, 0.1) is 0 Å². The number of hydrogen-bond donors (Lipinski definition) is 2. The highest BCUT2D eigenvalue weighted by Crippen LogP contribution is 2.28. The van der Waals surface area contributed by atoms with E-state index in [0.717, 1.165) is 28.2 Å². The van der Waals surface area contributed by atoms with E-state index in [4.69, 9.17) is 9.72 Å². The highest BCUT2D eigenvalue weighted by molar-refractivity contribution is 5.90. The molecule has 4 aromatic rings. The van der Waals surface area contributed by atoms with Gasteiger partial charge in [-0.2, -0.15) is 4.98 Å². The number of rotatable bonds is 6. The van der Waals surface area contributed by atoms with E-state index in [2.05, 4.69) is 27.8 Å². The zero-order valence-electron chi connectivity index (χ0n) is 15.4. The number of aromatic nitrogens is 2. The number of nitrogens with zero attached hydrogens (tertiary/aromatic N) is 2. The normalized spacial score (nSPS) is 10.2. The Kier molecular flexibility index (Phi) is 6.29. The Labute approximate surface area is 170 Å². The van der Waals surface area contributed by atoms with E-state index >= 15 is 0 Å². The van der Waals surface area contributed by atoms with Gasteiger partial charge in [-0.3, -0.25) is 0 Å². The average molecular weight is 392 g/mol. The van der Waals surface area contributed by atoms with Crippen molar-refractivity contribution in [1.29, 1.82) is 0 Å². The molecule has 0 bridgehead atoms. The number of hydrogen-bond acceptors (Lipinski definition) is 5. The molecule has 0 atom stereocenters. The Bertz CT molecular complexity index is 1060. The zero-order valence-corrected chi connectivity index (χ0v) is 16.1. The second-order valence-corrected chi connectivity index (χ2v) is 6.08. The molecule has 0 spiro atoms. The summed E-state index contributed by atoms with van der Waals surface area (Å²) >= 11 is 0. The monoisotopic (exact) mass is 391 g/mol. The molecule has 4 rings (SSSR count). The van der Waals surface area contributed by atoms with Gasteiger partial charge in [0.1, 0.15) is 11.6 Å². The summed E-state index contributed by atoms with van der Waals surface area (Å²) in [5.41, 5.74) is 2.89. The lowest BCUT2D eigenvalue weighted by Crippen LogP contribution is -3.00. The van der Waals surface area contributed by atoms with Crippen molar-refractivity contribution in [3.63, 3.8) is 0 Å². The molecule has 5 nitrogen and oxygen atoms in total. The van der Waals surface area contributed by atoms with Crippen LogP contribution in [-0.4, -0.2) is 17.1 Å². The van der Waals surface area contributed by atoms with Crippen molar-refractivity contribution in [3.05, 3.63) is 84.4 Å². The second-order valence-electron chi connectivity index (χ2n) is 6.08. The van der Waals surface area contributed by atoms with Gasteiger partial charge in [0, 0.05) is 11.9 Å². The van der Waals surface area contributed by atoms with Crippen molar-refractivity contribution in [2.75, 3.05) is 17.7 Å². The summed E-state index contributed by atoms with van der Waals surface area (Å²) in [5, 5.41) is 7.69. The molecule has 0 unspecified atom stereocenters. The van der Waals surface area contributed by atoms with Crippen LogP contribution in [0.5, 0.6) is 5.75 Å². The first-order valence-electron chi connectivity index (χ1n) is 8.78. The van der Waals surface area contributed by atoms with Gasteiger partial charge in [0.25, 0.3) is 0 Å². The lowest BCUT2D eigenvalue weighted by Gasteiger charge is -2.13. The third-order valence-electron chi connectivity index (χ3n) is 4.26. The zero-order chi connectivity index (χ0) is 18.5. The Balaban J connectivity index is 0.00000225. The van der Waals surface area contributed by atoms with Crippen molar-refractivity contribution in [2.45, 2.75) is 6.54 Å². The van der Waals surface area contributed by atoms with Gasteiger partial charge in [0.15, 0.2) is 0 Å². The number of halogens is 1. The van der Waals surface area contributed by atoms with Crippen LogP contribution in [-0.2, 0) is 6.54 Å². The number of nitrogens with one attached hydrogen (secondary N) is 2. The van der Waals surface area contributed by atoms with E-state index in [-0.39, 0.29) is 12.4 Å². The molecule has 0 amide bonds. The van der Waals surface area contributed by atoms with Gasteiger partial charge < -0.3 is 27.8 Å². The summed E-state index contributed by atoms with van der Waals surface area (Å²) in [6.07, 6.45) is 0. The van der Waals surface area contributed by atoms with E-state index < -0.39 is 0 Å². The quantitative estimate of drug-likeness (QED) is 0.526. The predicted molar refractivity (Wildman–Crippen MR) is 110 cm³/mol. The Morgan fingerprint density at radius 1 is 0.821 bits per heavy atom. The molecule has 0 saturated heterocycles. The van der Waals surface area contributed by atoms with Crippen LogP contribution >= 0.6 is 0 Å². The van der Waals surface area contributed by atoms with Gasteiger partial charge in [0.2, 0.25) is 5.95 Å². The van der Waals surface area contributed by atoms with Crippen molar-refractivity contribution in [2.24, 2.45) is 0 Å². The molecule has 1 aromatic heterocycles. The smallest absolute Gasteiger partial charge is 0.229 e. The van der Waals surface area contributed by atoms with Crippen LogP contribution in [0.2, 0.25) is 0 Å². The van der Waals surface area contributed by atoms with E-state index in [9.17, 15) is 0 Å². The van der Waals surface area contributed by atoms with Crippen LogP contribution < -0.4 is 27.8 Å². The molecule has 0 saturated carbocycles. The van der Waals surface area contributed by atoms with E-state index in [1.54, 1.807) is 7.11 Å². The van der Waals surface area contributed by atoms with Gasteiger partial charge in [-0.25, -0.2) is 4.98 Å². The van der Waals surface area contributed by atoms with E-state index in [1.807, 2.05) is 66.7 Å². The fourth-order valence-electron chi connectivity index (χ4n) is 2.92. The molecule has 3 aromatic carbocycles. The highest BCUT2D eigenvalue weighted by Gasteiger charge is 2.09. The van der Waals surface area contributed by atoms with Crippen LogP contribution in [0.3, 0.4) is 0 Å². The lowest BCUT2D eigenvalue weighted by molar-refractivity contribution is -0.00000575. The first-order valence-corrected chi connectivity index (χ1v) is 8.78. The third kappa shape index (κ3) is 4.32. The molecular formula is C22H20ClN4O-. The molecule has 6 heteroatoms. The maximum absolute atomic E-state index is 5.41. The molecule has 0 radical (unpaired) electrons. The van der Waals surface area contributed by atoms with Gasteiger partial charge in [-0.05, 0) is 29.8 Å². The fraction of sp³-hybridized carbons (Fsp3) is 0.0909. The molecule has 0 aliphatic rings. The number of fused-ring (bicyclic) bond motifs is 1. The summed E-state index contributed by atoms with van der Waals surface area (Å²) in [6, 6.07) is 25.9. The Morgan fingerprint density at radius 2 is 1.54 bits per heavy atom. The van der Waals surface area contributed by atoms with Crippen molar-refractivity contribution in [3.8, 4) is 5.75 Å². The standard InChI is InChI=1S/C22H20N4O.ClH/c1-27-20-14-8-7-13-19(20)25-22-24-18-12-6-5-11-17(18)21(26-22)23-15-16-9-3-2-4-10-16;/h2-14H,15H2,1H3,(H2,23,24,25,26);1H/p-1. The first-order chi connectivity index (χ1) is 13.3. The second kappa shape index (κ2) is 9.06. The summed E-state index contributed by atoms with van der Waals surface area (Å²) in [6.45, 7) is 0.690. The van der Waals surface area contributed by atoms with E-state index in [0.29, 0.717) is 12.5 Å². The molecule has 0 aliphatic carbocycles. The maximum atomic E-state index is 5.41. The van der Waals surface area contributed by atoms with Crippen molar-refractivity contribution in [1.82, 2.24) is 9.97 Å². The maximum Gasteiger partial charge on any atom is 0.229 e. The summed E-state index contributed by atoms with van der Waals surface area (Å²) in [4.78, 5) is 9.34. The number of para-hydroxylation sites is 3. The summed E-state index contributed by atoms with van der Waals surface area (Å²) in [5.74, 6) is 2.06. The van der Waals surface area contributed by atoms with Gasteiger partial charge in [-0.15, -0.1) is 0 Å². The number of methoxy groups -OCH3 is 1. The summed E-state index contributed by atoms with van der Waals surface area (Å²) in [7, 11) is 1.65. The third-order valence-corrected chi connectivity index (χ3v) is 4.26. The molecule has 2 N–H and O–H groups in total. The van der Waals surface area contributed by atoms with Crippen LogP contribution in [0.25, 0.3) is 10.9 Å². The molecule has 0 fully saturated rings. The molecule has 1 heterocycles. The largest absolute Gasteiger partial charge is 1.00 e. The van der Waals surface area contributed by atoms with Crippen molar-refractivity contribution >= 4 is 28.4 Å². The molecule has 0 aliphatic heterocycles. The van der Waals surface area contributed by atoms with E-state index in [1.165, 1.54) is 5.56 Å². The molecule has 142 valence electrons. The minimum atomic E-state index is 0. The van der Waals surface area contributed by atoms with Gasteiger partial charge in [-0.1, -0.05) is 54.6 Å². The number of ether oxygens (including phenoxy) is 1. The minimum Gasteiger partial charge on any atom is -1.00 e. The number of benzene rings is 3. The van der Waals surface area contributed by atoms with Crippen molar-refractivity contribution < 1.29 is 17.1 Å². The topological polar surface area (TPSA) is 59.1 Å². The van der Waals surface area contributed by atoms with Crippen LogP contribution in [0.15, 0.2) is 78.9 Å². The number of anilines is 3. The Hall–Kier alpha value is -3.31. The highest BCUT2D eigenvalue weighted by atomic mass is 35.5. The predicted octanol–water partition coefficient (Wildman–Crippen LogP) is 2.00. The van der Waals surface area contributed by atoms with Gasteiger partial charge in [0.05, 0.1) is 18.3 Å². The minimum absolute atomic E-state index is 0. The first kappa shape index (κ1) is 19.5. The summed E-state index contributed by atoms with van der Waals surface area (Å²) < 4.78 is 5.41. The average Bonchev–Trinajstić information content (AvgIpc) is 2.73. The SMILES string of the molecule is COc1ccccc1Nc1nc(NCc2ccccc2)c2ccccc2n1.[Cl-]. The molecular weight excluding hydrogens is 372 g/mol.